The number of rotatable bonds is 5. The van der Waals surface area contributed by atoms with Crippen LogP contribution in [0.3, 0.4) is 0 Å². The quantitative estimate of drug-likeness (QED) is 0.867. The molecule has 1 unspecified atom stereocenters. The molecule has 1 aromatic heterocycles. The first-order valence-corrected chi connectivity index (χ1v) is 7.44. The average molecular weight is 354 g/mol. The van der Waals surface area contributed by atoms with Gasteiger partial charge in [0, 0.05) is 28.5 Å². The number of benzene rings is 1. The Morgan fingerprint density at radius 1 is 1.55 bits per heavy atom. The van der Waals surface area contributed by atoms with E-state index in [9.17, 15) is 5.26 Å². The predicted molar refractivity (Wildman–Crippen MR) is 83.6 cm³/mol. The molecular formula is C14H14BrClN4. The van der Waals surface area contributed by atoms with E-state index >= 15 is 0 Å². The van der Waals surface area contributed by atoms with E-state index in [0.717, 1.165) is 28.7 Å². The van der Waals surface area contributed by atoms with Gasteiger partial charge in [0.25, 0.3) is 0 Å². The van der Waals surface area contributed by atoms with Gasteiger partial charge in [-0.25, -0.2) is 0 Å². The van der Waals surface area contributed by atoms with Crippen molar-refractivity contribution in [2.45, 2.75) is 25.9 Å². The molecule has 6 heteroatoms. The Kier molecular flexibility index (Phi) is 5.05. The fourth-order valence-electron chi connectivity index (χ4n) is 1.82. The van der Waals surface area contributed by atoms with Crippen molar-refractivity contribution in [3.05, 3.63) is 45.7 Å². The smallest absolute Gasteiger partial charge is 0.143 e. The molecule has 2 aromatic rings. The zero-order valence-electron chi connectivity index (χ0n) is 11.0. The third kappa shape index (κ3) is 3.53. The maximum absolute atomic E-state index is 9.32. The van der Waals surface area contributed by atoms with E-state index < -0.39 is 6.04 Å². The molecule has 104 valence electrons. The van der Waals surface area contributed by atoms with E-state index in [-0.39, 0.29) is 0 Å². The van der Waals surface area contributed by atoms with Gasteiger partial charge in [-0.15, -0.1) is 0 Å². The van der Waals surface area contributed by atoms with Crippen molar-refractivity contribution >= 4 is 33.2 Å². The molecule has 0 aliphatic heterocycles. The molecule has 0 fully saturated rings. The van der Waals surface area contributed by atoms with Crippen LogP contribution in [0.5, 0.6) is 0 Å². The van der Waals surface area contributed by atoms with Crippen LogP contribution in [-0.2, 0) is 6.54 Å². The summed E-state index contributed by atoms with van der Waals surface area (Å²) in [6, 6.07) is 7.28. The second-order valence-corrected chi connectivity index (χ2v) is 5.63. The van der Waals surface area contributed by atoms with Gasteiger partial charge in [-0.2, -0.15) is 10.4 Å². The Morgan fingerprint density at radius 3 is 3.00 bits per heavy atom. The van der Waals surface area contributed by atoms with E-state index in [1.54, 1.807) is 12.3 Å². The fraction of sp³-hybridized carbons (Fsp3) is 0.286. The third-order valence-corrected chi connectivity index (χ3v) is 4.01. The van der Waals surface area contributed by atoms with Crippen LogP contribution in [0.2, 0.25) is 5.02 Å². The first kappa shape index (κ1) is 14.9. The molecule has 0 spiro atoms. The number of anilines is 1. The highest BCUT2D eigenvalue weighted by molar-refractivity contribution is 9.10. The first-order valence-electron chi connectivity index (χ1n) is 6.27. The number of aryl methyl sites for hydroxylation is 1. The van der Waals surface area contributed by atoms with E-state index in [1.807, 2.05) is 23.0 Å². The van der Waals surface area contributed by atoms with E-state index in [4.69, 9.17) is 11.6 Å². The number of halogens is 2. The SMILES string of the molecule is CCCn1cc(C(C#N)Nc2ccc(Cl)c(Br)c2)cn1. The second-order valence-electron chi connectivity index (χ2n) is 4.37. The van der Waals surface area contributed by atoms with Crippen LogP contribution in [-0.4, -0.2) is 9.78 Å². The van der Waals surface area contributed by atoms with Crippen LogP contribution in [0.4, 0.5) is 5.69 Å². The van der Waals surface area contributed by atoms with Gasteiger partial charge in [0.1, 0.15) is 6.04 Å². The van der Waals surface area contributed by atoms with Crippen LogP contribution >= 0.6 is 27.5 Å². The van der Waals surface area contributed by atoms with Crippen molar-refractivity contribution in [3.8, 4) is 6.07 Å². The third-order valence-electron chi connectivity index (χ3n) is 2.80. The van der Waals surface area contributed by atoms with Gasteiger partial charge in [-0.3, -0.25) is 4.68 Å². The van der Waals surface area contributed by atoms with Crippen LogP contribution in [0, 0.1) is 11.3 Å². The van der Waals surface area contributed by atoms with Gasteiger partial charge >= 0.3 is 0 Å². The normalized spacial score (nSPS) is 11.9. The summed E-state index contributed by atoms with van der Waals surface area (Å²) < 4.78 is 2.64. The number of hydrogen-bond acceptors (Lipinski definition) is 3. The minimum Gasteiger partial charge on any atom is -0.366 e. The monoisotopic (exact) mass is 352 g/mol. The Bertz CT molecular complexity index is 632. The standard InChI is InChI=1S/C14H14BrClN4/c1-2-5-20-9-10(8-18-20)14(7-17)19-11-3-4-13(16)12(15)6-11/h3-4,6,8-9,14,19H,2,5H2,1H3. The summed E-state index contributed by atoms with van der Waals surface area (Å²) in [5, 5.41) is 17.4. The summed E-state index contributed by atoms with van der Waals surface area (Å²) in [6.45, 7) is 2.94. The van der Waals surface area contributed by atoms with Gasteiger partial charge < -0.3 is 5.32 Å². The molecule has 1 N–H and O–H groups in total. The molecule has 2 rings (SSSR count). The zero-order valence-corrected chi connectivity index (χ0v) is 13.3. The summed E-state index contributed by atoms with van der Waals surface area (Å²) in [4.78, 5) is 0. The summed E-state index contributed by atoms with van der Waals surface area (Å²) in [7, 11) is 0. The minimum absolute atomic E-state index is 0.436. The molecule has 0 aliphatic rings. The van der Waals surface area contributed by atoms with Crippen molar-refractivity contribution in [3.63, 3.8) is 0 Å². The van der Waals surface area contributed by atoms with Crippen LogP contribution in [0.15, 0.2) is 35.1 Å². The topological polar surface area (TPSA) is 53.6 Å². The summed E-state index contributed by atoms with van der Waals surface area (Å²) in [5.74, 6) is 0. The molecular weight excluding hydrogens is 340 g/mol. The van der Waals surface area contributed by atoms with Gasteiger partial charge in [-0.05, 0) is 40.5 Å². The van der Waals surface area contributed by atoms with Gasteiger partial charge in [0.15, 0.2) is 0 Å². The maximum Gasteiger partial charge on any atom is 0.143 e. The average Bonchev–Trinajstić information content (AvgIpc) is 2.89. The van der Waals surface area contributed by atoms with Gasteiger partial charge in [0.05, 0.1) is 17.3 Å². The Labute approximate surface area is 131 Å². The molecule has 0 saturated carbocycles. The molecule has 0 aliphatic carbocycles. The number of nitrogens with one attached hydrogen (secondary N) is 1. The Hall–Kier alpha value is -1.51. The number of aromatic nitrogens is 2. The lowest BCUT2D eigenvalue weighted by atomic mass is 10.1. The lowest BCUT2D eigenvalue weighted by Gasteiger charge is -2.12. The summed E-state index contributed by atoms with van der Waals surface area (Å²) >= 11 is 9.32. The van der Waals surface area contributed by atoms with Crippen molar-refractivity contribution < 1.29 is 0 Å². The van der Waals surface area contributed by atoms with E-state index in [1.165, 1.54) is 0 Å². The molecule has 0 bridgehead atoms. The summed E-state index contributed by atoms with van der Waals surface area (Å²) in [6.07, 6.45) is 4.63. The maximum atomic E-state index is 9.32. The number of nitriles is 1. The van der Waals surface area contributed by atoms with Crippen LogP contribution < -0.4 is 5.32 Å². The van der Waals surface area contributed by atoms with Gasteiger partial charge in [-0.1, -0.05) is 18.5 Å². The second kappa shape index (κ2) is 6.78. The molecule has 20 heavy (non-hydrogen) atoms. The van der Waals surface area contributed by atoms with Crippen LogP contribution in [0.25, 0.3) is 0 Å². The van der Waals surface area contributed by atoms with Gasteiger partial charge in [0.2, 0.25) is 0 Å². The summed E-state index contributed by atoms with van der Waals surface area (Å²) in [5.41, 5.74) is 1.68. The highest BCUT2D eigenvalue weighted by Crippen LogP contribution is 2.27. The van der Waals surface area contributed by atoms with Crippen molar-refractivity contribution in [2.75, 3.05) is 5.32 Å². The predicted octanol–water partition coefficient (Wildman–Crippen LogP) is 4.39. The number of hydrogen-bond donors (Lipinski definition) is 1. The van der Waals surface area contributed by atoms with Crippen molar-refractivity contribution in [1.29, 1.82) is 5.26 Å². The highest BCUT2D eigenvalue weighted by Gasteiger charge is 2.13. The van der Waals surface area contributed by atoms with Crippen molar-refractivity contribution in [2.24, 2.45) is 0 Å². The van der Waals surface area contributed by atoms with E-state index in [0.29, 0.717) is 5.02 Å². The first-order chi connectivity index (χ1) is 9.63. The Morgan fingerprint density at radius 2 is 2.35 bits per heavy atom. The fourth-order valence-corrected chi connectivity index (χ4v) is 2.32. The molecule has 0 amide bonds. The molecule has 1 atom stereocenters. The zero-order chi connectivity index (χ0) is 14.5. The lowest BCUT2D eigenvalue weighted by molar-refractivity contribution is 0.602. The number of nitrogens with zero attached hydrogens (tertiary/aromatic N) is 3. The minimum atomic E-state index is -0.436. The molecule has 1 aromatic carbocycles. The van der Waals surface area contributed by atoms with Crippen molar-refractivity contribution in [1.82, 2.24) is 9.78 Å². The van der Waals surface area contributed by atoms with Crippen LogP contribution in [0.1, 0.15) is 24.9 Å². The molecule has 0 radical (unpaired) electrons. The molecule has 1 heterocycles. The molecule has 0 saturated heterocycles. The molecule has 4 nitrogen and oxygen atoms in total. The highest BCUT2D eigenvalue weighted by atomic mass is 79.9. The largest absolute Gasteiger partial charge is 0.366 e. The Balaban J connectivity index is 2.15. The van der Waals surface area contributed by atoms with E-state index in [2.05, 4.69) is 39.3 Å². The lowest BCUT2D eigenvalue weighted by Crippen LogP contribution is -2.07.